The summed E-state index contributed by atoms with van der Waals surface area (Å²) in [4.78, 5) is 13.4. The number of aliphatic hydroxyl groups excluding tert-OH is 1. The van der Waals surface area contributed by atoms with Crippen LogP contribution in [0.4, 0.5) is 28.0 Å². The van der Waals surface area contributed by atoms with Gasteiger partial charge in [-0.05, 0) is 37.0 Å². The van der Waals surface area contributed by atoms with Gasteiger partial charge in [0.1, 0.15) is 5.82 Å². The van der Waals surface area contributed by atoms with Crippen LogP contribution >= 0.6 is 0 Å². The molecule has 8 heteroatoms. The Balaban J connectivity index is 2.03. The number of aliphatic hydroxyl groups is 1. The third-order valence-electron chi connectivity index (χ3n) is 3.68. The van der Waals surface area contributed by atoms with Gasteiger partial charge in [-0.3, -0.25) is 0 Å². The summed E-state index contributed by atoms with van der Waals surface area (Å²) in [6, 6.07) is 1.81. The van der Waals surface area contributed by atoms with E-state index in [4.69, 9.17) is 5.11 Å². The maximum atomic E-state index is 13.2. The van der Waals surface area contributed by atoms with E-state index in [1.165, 1.54) is 4.90 Å². The Morgan fingerprint density at radius 1 is 1.32 bits per heavy atom. The smallest absolute Gasteiger partial charge is 0.396 e. The van der Waals surface area contributed by atoms with Crippen molar-refractivity contribution in [3.05, 3.63) is 29.6 Å². The van der Waals surface area contributed by atoms with E-state index in [1.54, 1.807) is 0 Å². The lowest BCUT2D eigenvalue weighted by atomic mass is 9.98. The molecule has 0 spiro atoms. The Labute approximate surface area is 124 Å². The molecule has 1 aliphatic heterocycles. The quantitative estimate of drug-likeness (QED) is 0.823. The lowest BCUT2D eigenvalue weighted by Gasteiger charge is -2.31. The molecule has 1 aliphatic rings. The average Bonchev–Trinajstić information content (AvgIpc) is 2.48. The molecule has 0 aromatic heterocycles. The van der Waals surface area contributed by atoms with Crippen molar-refractivity contribution in [2.75, 3.05) is 25.0 Å². The Morgan fingerprint density at radius 3 is 2.50 bits per heavy atom. The van der Waals surface area contributed by atoms with Crippen molar-refractivity contribution in [2.45, 2.75) is 19.0 Å². The Morgan fingerprint density at radius 2 is 1.95 bits per heavy atom. The molecule has 0 bridgehead atoms. The number of amides is 2. The molecule has 4 nitrogen and oxygen atoms in total. The predicted octanol–water partition coefficient (Wildman–Crippen LogP) is 3.08. The fourth-order valence-electron chi connectivity index (χ4n) is 2.34. The molecule has 2 N–H and O–H groups in total. The maximum absolute atomic E-state index is 13.2. The molecule has 1 aromatic carbocycles. The zero-order valence-corrected chi connectivity index (χ0v) is 11.7. The number of hydrogen-bond acceptors (Lipinski definition) is 2. The van der Waals surface area contributed by atoms with E-state index in [2.05, 4.69) is 5.32 Å². The number of hydrogen-bond donors (Lipinski definition) is 2. The zero-order chi connectivity index (χ0) is 16.3. The highest BCUT2D eigenvalue weighted by Gasteiger charge is 2.34. The van der Waals surface area contributed by atoms with Crippen LogP contribution in [0.5, 0.6) is 0 Å². The summed E-state index contributed by atoms with van der Waals surface area (Å²) in [6.45, 7) is 0.900. The number of likely N-dealkylation sites (tertiary alicyclic amines) is 1. The molecule has 2 rings (SSSR count). The third-order valence-corrected chi connectivity index (χ3v) is 3.68. The van der Waals surface area contributed by atoms with Gasteiger partial charge in [-0.2, -0.15) is 13.2 Å². The van der Waals surface area contributed by atoms with Gasteiger partial charge >= 0.3 is 12.2 Å². The van der Waals surface area contributed by atoms with Crippen LogP contribution in [-0.4, -0.2) is 35.7 Å². The van der Waals surface area contributed by atoms with Crippen molar-refractivity contribution >= 4 is 11.7 Å². The normalized spacial score (nSPS) is 16.7. The first-order chi connectivity index (χ1) is 10.3. The first-order valence-corrected chi connectivity index (χ1v) is 6.85. The predicted molar refractivity (Wildman–Crippen MR) is 71.8 cm³/mol. The van der Waals surface area contributed by atoms with E-state index in [0.29, 0.717) is 38.1 Å². The molecule has 2 amide bonds. The SMILES string of the molecule is O=C(Nc1ccc(F)c(C(F)(F)F)c1)N1CCC(CO)CC1. The topological polar surface area (TPSA) is 52.6 Å². The van der Waals surface area contributed by atoms with E-state index in [0.717, 1.165) is 6.07 Å². The molecule has 1 heterocycles. The largest absolute Gasteiger partial charge is 0.419 e. The third kappa shape index (κ3) is 3.88. The van der Waals surface area contributed by atoms with E-state index < -0.39 is 23.6 Å². The molecule has 0 unspecified atom stereocenters. The number of piperidine rings is 1. The van der Waals surface area contributed by atoms with Crippen molar-refractivity contribution in [3.8, 4) is 0 Å². The number of rotatable bonds is 2. The number of nitrogens with zero attached hydrogens (tertiary/aromatic N) is 1. The molecular formula is C14H16F4N2O2. The second-order valence-corrected chi connectivity index (χ2v) is 5.24. The van der Waals surface area contributed by atoms with Crippen molar-refractivity contribution < 1.29 is 27.5 Å². The molecule has 1 saturated heterocycles. The molecule has 1 aromatic rings. The van der Waals surface area contributed by atoms with Crippen molar-refractivity contribution in [1.82, 2.24) is 4.90 Å². The summed E-state index contributed by atoms with van der Waals surface area (Å²) in [5, 5.41) is 11.4. The molecule has 0 saturated carbocycles. The monoisotopic (exact) mass is 320 g/mol. The number of carbonyl (C=O) groups excluding carboxylic acids is 1. The van der Waals surface area contributed by atoms with Crippen LogP contribution in [0.1, 0.15) is 18.4 Å². The minimum absolute atomic E-state index is 0.0579. The van der Waals surface area contributed by atoms with Gasteiger partial charge in [0.2, 0.25) is 0 Å². The van der Waals surface area contributed by atoms with Crippen LogP contribution < -0.4 is 5.32 Å². The van der Waals surface area contributed by atoms with Crippen molar-refractivity contribution in [2.24, 2.45) is 5.92 Å². The van der Waals surface area contributed by atoms with Gasteiger partial charge in [0.05, 0.1) is 5.56 Å². The van der Waals surface area contributed by atoms with Crippen LogP contribution in [0, 0.1) is 11.7 Å². The summed E-state index contributed by atoms with van der Waals surface area (Å²) < 4.78 is 51.0. The molecule has 0 aliphatic carbocycles. The molecule has 0 atom stereocenters. The fraction of sp³-hybridized carbons (Fsp3) is 0.500. The number of urea groups is 1. The van der Waals surface area contributed by atoms with Gasteiger partial charge in [-0.25, -0.2) is 9.18 Å². The van der Waals surface area contributed by atoms with Gasteiger partial charge in [0, 0.05) is 25.4 Å². The zero-order valence-electron chi connectivity index (χ0n) is 11.7. The number of anilines is 1. The van der Waals surface area contributed by atoms with E-state index >= 15 is 0 Å². The Hall–Kier alpha value is -1.83. The highest BCUT2D eigenvalue weighted by atomic mass is 19.4. The van der Waals surface area contributed by atoms with E-state index in [1.807, 2.05) is 0 Å². The van der Waals surface area contributed by atoms with Gasteiger partial charge in [0.25, 0.3) is 0 Å². The van der Waals surface area contributed by atoms with E-state index in [9.17, 15) is 22.4 Å². The molecule has 22 heavy (non-hydrogen) atoms. The average molecular weight is 320 g/mol. The first-order valence-electron chi connectivity index (χ1n) is 6.85. The van der Waals surface area contributed by atoms with Crippen LogP contribution in [0.25, 0.3) is 0 Å². The van der Waals surface area contributed by atoms with Gasteiger partial charge in [0.15, 0.2) is 0 Å². The molecule has 122 valence electrons. The number of nitrogens with one attached hydrogen (secondary N) is 1. The summed E-state index contributed by atoms with van der Waals surface area (Å²) in [6.07, 6.45) is -3.54. The summed E-state index contributed by atoms with van der Waals surface area (Å²) in [5.74, 6) is -1.24. The van der Waals surface area contributed by atoms with Gasteiger partial charge in [-0.15, -0.1) is 0 Å². The van der Waals surface area contributed by atoms with E-state index in [-0.39, 0.29) is 18.2 Å². The summed E-state index contributed by atoms with van der Waals surface area (Å²) in [5.41, 5.74) is -1.52. The molecule has 0 radical (unpaired) electrons. The summed E-state index contributed by atoms with van der Waals surface area (Å²) >= 11 is 0. The number of alkyl halides is 3. The number of carbonyl (C=O) groups is 1. The number of halogens is 4. The Bertz CT molecular complexity index is 540. The second kappa shape index (κ2) is 6.51. The van der Waals surface area contributed by atoms with Crippen LogP contribution in [0.2, 0.25) is 0 Å². The van der Waals surface area contributed by atoms with Gasteiger partial charge in [-0.1, -0.05) is 0 Å². The lowest BCUT2D eigenvalue weighted by molar-refractivity contribution is -0.139. The highest BCUT2D eigenvalue weighted by Crippen LogP contribution is 2.33. The lowest BCUT2D eigenvalue weighted by Crippen LogP contribution is -2.41. The Kier molecular flexibility index (Phi) is 4.90. The molecular weight excluding hydrogens is 304 g/mol. The van der Waals surface area contributed by atoms with Crippen molar-refractivity contribution in [3.63, 3.8) is 0 Å². The minimum atomic E-state index is -4.82. The van der Waals surface area contributed by atoms with Crippen molar-refractivity contribution in [1.29, 1.82) is 0 Å². The first kappa shape index (κ1) is 16.5. The summed E-state index contributed by atoms with van der Waals surface area (Å²) in [7, 11) is 0. The van der Waals surface area contributed by atoms with Crippen LogP contribution in [0.15, 0.2) is 18.2 Å². The molecule has 1 fully saturated rings. The second-order valence-electron chi connectivity index (χ2n) is 5.24. The minimum Gasteiger partial charge on any atom is -0.396 e. The van der Waals surface area contributed by atoms with Crippen LogP contribution in [0.3, 0.4) is 0 Å². The van der Waals surface area contributed by atoms with Crippen LogP contribution in [-0.2, 0) is 6.18 Å². The fourth-order valence-corrected chi connectivity index (χ4v) is 2.34. The standard InChI is InChI=1S/C14H16F4N2O2/c15-12-2-1-10(7-11(12)14(16,17)18)19-13(22)20-5-3-9(8-21)4-6-20/h1-2,7,9,21H,3-6,8H2,(H,19,22). The highest BCUT2D eigenvalue weighted by molar-refractivity contribution is 5.89. The van der Waals surface area contributed by atoms with Gasteiger partial charge < -0.3 is 15.3 Å². The number of benzene rings is 1. The maximum Gasteiger partial charge on any atom is 0.419 e.